The van der Waals surface area contributed by atoms with Crippen molar-refractivity contribution in [3.05, 3.63) is 52.4 Å². The van der Waals surface area contributed by atoms with Crippen LogP contribution in [0.1, 0.15) is 30.0 Å². The fourth-order valence-electron chi connectivity index (χ4n) is 1.88. The van der Waals surface area contributed by atoms with E-state index in [9.17, 15) is 0 Å². The van der Waals surface area contributed by atoms with E-state index < -0.39 is 0 Å². The summed E-state index contributed by atoms with van der Waals surface area (Å²) in [5.41, 5.74) is 1.11. The maximum absolute atomic E-state index is 6.09. The number of hydrogen-bond donors (Lipinski definition) is 1. The van der Waals surface area contributed by atoms with Gasteiger partial charge in [0.05, 0.1) is 18.2 Å². The van der Waals surface area contributed by atoms with E-state index in [1.807, 2.05) is 37.3 Å². The van der Waals surface area contributed by atoms with Gasteiger partial charge < -0.3 is 14.5 Å². The van der Waals surface area contributed by atoms with Gasteiger partial charge >= 0.3 is 0 Å². The molecule has 3 nitrogen and oxygen atoms in total. The molecule has 0 aliphatic heterocycles. The second-order valence-corrected chi connectivity index (χ2v) is 4.93. The molecule has 2 rings (SSSR count). The van der Waals surface area contributed by atoms with Gasteiger partial charge in [0, 0.05) is 6.54 Å². The van der Waals surface area contributed by atoms with E-state index in [1.54, 1.807) is 7.11 Å². The van der Waals surface area contributed by atoms with Crippen molar-refractivity contribution in [1.29, 1.82) is 0 Å². The minimum absolute atomic E-state index is 0.162. The van der Waals surface area contributed by atoms with Crippen molar-refractivity contribution in [3.8, 4) is 5.75 Å². The third kappa shape index (κ3) is 3.52. The lowest BCUT2D eigenvalue weighted by Gasteiger charge is -2.12. The molecular formula is C15H18ClNO2. The van der Waals surface area contributed by atoms with Gasteiger partial charge in [-0.25, -0.2) is 0 Å². The molecule has 19 heavy (non-hydrogen) atoms. The van der Waals surface area contributed by atoms with Gasteiger partial charge in [0.15, 0.2) is 0 Å². The quantitative estimate of drug-likeness (QED) is 0.895. The maximum Gasteiger partial charge on any atom is 0.137 e. The Balaban J connectivity index is 1.97. The van der Waals surface area contributed by atoms with Crippen LogP contribution in [0.3, 0.4) is 0 Å². The second kappa shape index (κ2) is 6.13. The number of nitrogens with one attached hydrogen (secondary N) is 1. The molecule has 0 radical (unpaired) electrons. The smallest absolute Gasteiger partial charge is 0.137 e. The Hall–Kier alpha value is -1.45. The fraction of sp³-hybridized carbons (Fsp3) is 0.333. The average Bonchev–Trinajstić information content (AvgIpc) is 2.83. The van der Waals surface area contributed by atoms with Crippen molar-refractivity contribution in [2.75, 3.05) is 7.11 Å². The highest BCUT2D eigenvalue weighted by atomic mass is 35.5. The van der Waals surface area contributed by atoms with Crippen LogP contribution in [0.15, 0.2) is 34.7 Å². The number of methoxy groups -OCH3 is 1. The van der Waals surface area contributed by atoms with Crippen molar-refractivity contribution in [1.82, 2.24) is 5.32 Å². The number of furan rings is 1. The lowest BCUT2D eigenvalue weighted by molar-refractivity contribution is 0.412. The zero-order valence-electron chi connectivity index (χ0n) is 11.4. The van der Waals surface area contributed by atoms with Crippen LogP contribution in [0.2, 0.25) is 5.02 Å². The van der Waals surface area contributed by atoms with Gasteiger partial charge in [0.25, 0.3) is 0 Å². The summed E-state index contributed by atoms with van der Waals surface area (Å²) in [5.74, 6) is 2.56. The molecule has 1 aromatic carbocycles. The zero-order valence-corrected chi connectivity index (χ0v) is 12.1. The van der Waals surface area contributed by atoms with Crippen LogP contribution in [-0.2, 0) is 6.54 Å². The molecule has 1 N–H and O–H groups in total. The number of benzene rings is 1. The summed E-state index contributed by atoms with van der Waals surface area (Å²) in [6, 6.07) is 9.91. The summed E-state index contributed by atoms with van der Waals surface area (Å²) in [7, 11) is 1.61. The summed E-state index contributed by atoms with van der Waals surface area (Å²) in [4.78, 5) is 0. The molecule has 1 aromatic heterocycles. The predicted molar refractivity (Wildman–Crippen MR) is 76.7 cm³/mol. The Labute approximate surface area is 118 Å². The van der Waals surface area contributed by atoms with Crippen LogP contribution >= 0.6 is 11.6 Å². The Kier molecular flexibility index (Phi) is 4.51. The lowest BCUT2D eigenvalue weighted by Crippen LogP contribution is -2.17. The summed E-state index contributed by atoms with van der Waals surface area (Å²) in [6.07, 6.45) is 0. The van der Waals surface area contributed by atoms with E-state index in [-0.39, 0.29) is 6.04 Å². The third-order valence-electron chi connectivity index (χ3n) is 3.02. The lowest BCUT2D eigenvalue weighted by atomic mass is 10.2. The molecule has 0 bridgehead atoms. The first-order chi connectivity index (χ1) is 9.10. The number of halogens is 1. The molecule has 0 saturated heterocycles. The van der Waals surface area contributed by atoms with E-state index in [1.165, 1.54) is 0 Å². The highest BCUT2D eigenvalue weighted by molar-refractivity contribution is 6.32. The van der Waals surface area contributed by atoms with Crippen LogP contribution in [0, 0.1) is 6.92 Å². The molecule has 2 aromatic rings. The summed E-state index contributed by atoms with van der Waals surface area (Å²) in [6.45, 7) is 4.74. The Morgan fingerprint density at radius 2 is 2.11 bits per heavy atom. The van der Waals surface area contributed by atoms with E-state index >= 15 is 0 Å². The molecule has 0 fully saturated rings. The normalized spacial score (nSPS) is 12.4. The van der Waals surface area contributed by atoms with E-state index in [0.717, 1.165) is 23.6 Å². The van der Waals surface area contributed by atoms with Gasteiger partial charge in [-0.3, -0.25) is 0 Å². The number of ether oxygens (including phenoxy) is 1. The van der Waals surface area contributed by atoms with Crippen LogP contribution in [-0.4, -0.2) is 7.11 Å². The van der Waals surface area contributed by atoms with E-state index in [0.29, 0.717) is 10.8 Å². The van der Waals surface area contributed by atoms with Crippen molar-refractivity contribution < 1.29 is 9.15 Å². The maximum atomic E-state index is 6.09. The van der Waals surface area contributed by atoms with Crippen molar-refractivity contribution >= 4 is 11.6 Å². The Morgan fingerprint density at radius 1 is 1.32 bits per heavy atom. The highest BCUT2D eigenvalue weighted by Crippen LogP contribution is 2.25. The molecule has 0 spiro atoms. The Bertz CT molecular complexity index is 551. The van der Waals surface area contributed by atoms with Crippen molar-refractivity contribution in [2.24, 2.45) is 0 Å². The van der Waals surface area contributed by atoms with E-state index in [4.69, 9.17) is 20.8 Å². The summed E-state index contributed by atoms with van der Waals surface area (Å²) < 4.78 is 10.7. The zero-order chi connectivity index (χ0) is 13.8. The third-order valence-corrected chi connectivity index (χ3v) is 3.31. The molecule has 0 saturated carbocycles. The molecular weight excluding hydrogens is 262 g/mol. The average molecular weight is 280 g/mol. The van der Waals surface area contributed by atoms with Crippen molar-refractivity contribution in [2.45, 2.75) is 26.4 Å². The van der Waals surface area contributed by atoms with Gasteiger partial charge in [-0.1, -0.05) is 17.7 Å². The minimum atomic E-state index is 0.162. The molecule has 0 amide bonds. The standard InChI is InChI=1S/C15H18ClNO2/c1-10-4-6-14(19-10)11(2)17-9-12-5-7-15(18-3)13(16)8-12/h4-8,11,17H,9H2,1-3H3. The number of rotatable bonds is 5. The topological polar surface area (TPSA) is 34.4 Å². The minimum Gasteiger partial charge on any atom is -0.495 e. The molecule has 1 unspecified atom stereocenters. The highest BCUT2D eigenvalue weighted by Gasteiger charge is 2.09. The first kappa shape index (κ1) is 14.0. The molecule has 0 aliphatic rings. The number of aryl methyl sites for hydroxylation is 1. The SMILES string of the molecule is COc1ccc(CNC(C)c2ccc(C)o2)cc1Cl. The molecule has 1 heterocycles. The summed E-state index contributed by atoms with van der Waals surface area (Å²) in [5, 5.41) is 4.03. The first-order valence-corrected chi connectivity index (χ1v) is 6.60. The largest absolute Gasteiger partial charge is 0.495 e. The number of hydrogen-bond acceptors (Lipinski definition) is 3. The molecule has 4 heteroatoms. The molecule has 1 atom stereocenters. The predicted octanol–water partition coefficient (Wildman–Crippen LogP) is 4.10. The van der Waals surface area contributed by atoms with Gasteiger partial charge in [-0.05, 0) is 43.7 Å². The Morgan fingerprint density at radius 3 is 2.68 bits per heavy atom. The van der Waals surface area contributed by atoms with E-state index in [2.05, 4.69) is 12.2 Å². The van der Waals surface area contributed by atoms with Gasteiger partial charge in [-0.15, -0.1) is 0 Å². The van der Waals surface area contributed by atoms with Gasteiger partial charge in [-0.2, -0.15) is 0 Å². The van der Waals surface area contributed by atoms with Crippen LogP contribution in [0.5, 0.6) is 5.75 Å². The second-order valence-electron chi connectivity index (χ2n) is 4.52. The fourth-order valence-corrected chi connectivity index (χ4v) is 2.16. The van der Waals surface area contributed by atoms with Gasteiger partial charge in [0.1, 0.15) is 17.3 Å². The molecule has 102 valence electrons. The van der Waals surface area contributed by atoms with Crippen LogP contribution < -0.4 is 10.1 Å². The van der Waals surface area contributed by atoms with Crippen LogP contribution in [0.4, 0.5) is 0 Å². The molecule has 0 aliphatic carbocycles. The van der Waals surface area contributed by atoms with Crippen molar-refractivity contribution in [3.63, 3.8) is 0 Å². The van der Waals surface area contributed by atoms with Crippen LogP contribution in [0.25, 0.3) is 0 Å². The van der Waals surface area contributed by atoms with Gasteiger partial charge in [0.2, 0.25) is 0 Å². The monoisotopic (exact) mass is 279 g/mol. The first-order valence-electron chi connectivity index (χ1n) is 6.22. The summed E-state index contributed by atoms with van der Waals surface area (Å²) >= 11 is 6.09.